The van der Waals surface area contributed by atoms with E-state index < -0.39 is 5.97 Å². The smallest absolute Gasteiger partial charge is 0.343 e. The van der Waals surface area contributed by atoms with Gasteiger partial charge in [-0.2, -0.15) is 0 Å². The molecular weight excluding hydrogens is 420 g/mol. The Hall–Kier alpha value is -3.77. The van der Waals surface area contributed by atoms with Crippen LogP contribution < -0.4 is 18.9 Å². The number of hydrogen-bond acceptors (Lipinski definition) is 6. The third-order valence-electron chi connectivity index (χ3n) is 4.59. The Morgan fingerprint density at radius 2 is 1.68 bits per heavy atom. The summed E-state index contributed by atoms with van der Waals surface area (Å²) in [5.41, 5.74) is 1.38. The second-order valence-corrected chi connectivity index (χ2v) is 7.08. The molecule has 3 aromatic carbocycles. The largest absolute Gasteiger partial charge is 0.497 e. The molecule has 1 heterocycles. The quantitative estimate of drug-likeness (QED) is 0.311. The van der Waals surface area contributed by atoms with Crippen molar-refractivity contribution < 1.29 is 28.5 Å². The average molecular weight is 437 g/mol. The summed E-state index contributed by atoms with van der Waals surface area (Å²) in [5.74, 6) is 0.781. The standard InChI is InChI=1S/C24H17ClO6/c1-28-18-10-15(11-19(12-18)29-2)24(27)30-17-6-7-20-21(13-17)31-22(23(20)26)9-14-4-3-5-16(25)8-14/h3-13H,1-2H3/b22-9-. The normalized spacial score (nSPS) is 13.5. The number of carbonyl (C=O) groups is 2. The van der Waals surface area contributed by atoms with Crippen LogP contribution in [0.5, 0.6) is 23.0 Å². The Labute approximate surface area is 183 Å². The summed E-state index contributed by atoms with van der Waals surface area (Å²) in [6.07, 6.45) is 1.61. The van der Waals surface area contributed by atoms with Gasteiger partial charge in [0.05, 0.1) is 25.3 Å². The van der Waals surface area contributed by atoms with Crippen LogP contribution in [-0.4, -0.2) is 26.0 Å². The highest BCUT2D eigenvalue weighted by Gasteiger charge is 2.28. The van der Waals surface area contributed by atoms with E-state index in [4.69, 9.17) is 30.5 Å². The number of ketones is 1. The SMILES string of the molecule is COc1cc(OC)cc(C(=O)Oc2ccc3c(c2)O/C(=C\c2cccc(Cl)c2)C3=O)c1. The molecule has 0 bridgehead atoms. The van der Waals surface area contributed by atoms with Crippen LogP contribution in [0.25, 0.3) is 6.08 Å². The molecule has 3 aromatic rings. The van der Waals surface area contributed by atoms with Crippen molar-refractivity contribution in [3.05, 3.63) is 88.1 Å². The summed E-state index contributed by atoms with van der Waals surface area (Å²) in [6.45, 7) is 0. The number of methoxy groups -OCH3 is 2. The number of halogens is 1. The number of rotatable bonds is 5. The van der Waals surface area contributed by atoms with E-state index in [0.29, 0.717) is 27.8 Å². The number of Topliss-reactive ketones (excluding diaryl/α,β-unsaturated/α-hetero) is 1. The summed E-state index contributed by atoms with van der Waals surface area (Å²) in [6, 6.07) is 16.4. The fraction of sp³-hybridized carbons (Fsp3) is 0.0833. The summed E-state index contributed by atoms with van der Waals surface area (Å²) in [4.78, 5) is 25.2. The molecule has 0 saturated carbocycles. The number of hydrogen-bond donors (Lipinski definition) is 0. The lowest BCUT2D eigenvalue weighted by Crippen LogP contribution is -2.09. The highest BCUT2D eigenvalue weighted by Crippen LogP contribution is 2.35. The minimum atomic E-state index is -0.601. The lowest BCUT2D eigenvalue weighted by molar-refractivity contribution is 0.0733. The fourth-order valence-corrected chi connectivity index (χ4v) is 3.27. The Morgan fingerprint density at radius 1 is 0.935 bits per heavy atom. The van der Waals surface area contributed by atoms with Gasteiger partial charge in [0.25, 0.3) is 0 Å². The van der Waals surface area contributed by atoms with E-state index in [1.807, 2.05) is 6.07 Å². The van der Waals surface area contributed by atoms with E-state index in [0.717, 1.165) is 5.56 Å². The lowest BCUT2D eigenvalue weighted by atomic mass is 10.1. The molecule has 0 radical (unpaired) electrons. The predicted molar refractivity (Wildman–Crippen MR) is 115 cm³/mol. The van der Waals surface area contributed by atoms with Crippen molar-refractivity contribution in [2.75, 3.05) is 14.2 Å². The molecule has 0 N–H and O–H groups in total. The van der Waals surface area contributed by atoms with Gasteiger partial charge in [0.1, 0.15) is 23.0 Å². The Kier molecular flexibility index (Phi) is 5.64. The maximum absolute atomic E-state index is 12.6. The molecule has 0 atom stereocenters. The van der Waals surface area contributed by atoms with Gasteiger partial charge < -0.3 is 18.9 Å². The van der Waals surface area contributed by atoms with Gasteiger partial charge in [0, 0.05) is 17.2 Å². The van der Waals surface area contributed by atoms with Crippen molar-refractivity contribution >= 4 is 29.4 Å². The molecule has 0 amide bonds. The second kappa shape index (κ2) is 8.53. The van der Waals surface area contributed by atoms with Gasteiger partial charge in [-0.05, 0) is 48.0 Å². The average Bonchev–Trinajstić information content (AvgIpc) is 3.07. The van der Waals surface area contributed by atoms with Crippen LogP contribution in [0, 0.1) is 0 Å². The summed E-state index contributed by atoms with van der Waals surface area (Å²) < 4.78 is 21.5. The third kappa shape index (κ3) is 4.39. The van der Waals surface area contributed by atoms with Crippen LogP contribution in [0.2, 0.25) is 5.02 Å². The molecular formula is C24H17ClO6. The fourth-order valence-electron chi connectivity index (χ4n) is 3.07. The highest BCUT2D eigenvalue weighted by molar-refractivity contribution is 6.30. The molecule has 0 unspecified atom stereocenters. The van der Waals surface area contributed by atoms with E-state index >= 15 is 0 Å². The minimum absolute atomic E-state index is 0.165. The van der Waals surface area contributed by atoms with Crippen molar-refractivity contribution in [1.82, 2.24) is 0 Å². The topological polar surface area (TPSA) is 71.1 Å². The van der Waals surface area contributed by atoms with Crippen LogP contribution in [-0.2, 0) is 0 Å². The van der Waals surface area contributed by atoms with Crippen LogP contribution in [0.1, 0.15) is 26.3 Å². The Balaban J connectivity index is 1.56. The number of allylic oxidation sites excluding steroid dienone is 1. The maximum atomic E-state index is 12.6. The van der Waals surface area contributed by atoms with Gasteiger partial charge >= 0.3 is 5.97 Å². The number of ether oxygens (including phenoxy) is 4. The molecule has 0 saturated heterocycles. The van der Waals surface area contributed by atoms with Crippen LogP contribution in [0.15, 0.2) is 66.4 Å². The Morgan fingerprint density at radius 3 is 2.35 bits per heavy atom. The van der Waals surface area contributed by atoms with Gasteiger partial charge in [0.15, 0.2) is 5.76 Å². The van der Waals surface area contributed by atoms with Crippen molar-refractivity contribution in [1.29, 1.82) is 0 Å². The maximum Gasteiger partial charge on any atom is 0.343 e. The molecule has 156 valence electrons. The molecule has 7 heteroatoms. The van der Waals surface area contributed by atoms with Crippen LogP contribution in [0.4, 0.5) is 0 Å². The van der Waals surface area contributed by atoms with Crippen molar-refractivity contribution in [2.45, 2.75) is 0 Å². The molecule has 0 spiro atoms. The second-order valence-electron chi connectivity index (χ2n) is 6.64. The number of fused-ring (bicyclic) bond motifs is 1. The predicted octanol–water partition coefficient (Wildman–Crippen LogP) is 5.19. The Bertz CT molecular complexity index is 1190. The van der Waals surface area contributed by atoms with E-state index in [-0.39, 0.29) is 22.9 Å². The van der Waals surface area contributed by atoms with Crippen molar-refractivity contribution in [3.8, 4) is 23.0 Å². The molecule has 31 heavy (non-hydrogen) atoms. The molecule has 0 aliphatic carbocycles. The first kappa shape index (κ1) is 20.5. The van der Waals surface area contributed by atoms with Crippen LogP contribution >= 0.6 is 11.6 Å². The number of carbonyl (C=O) groups excluding carboxylic acids is 2. The van der Waals surface area contributed by atoms with E-state index in [1.165, 1.54) is 26.4 Å². The highest BCUT2D eigenvalue weighted by atomic mass is 35.5. The third-order valence-corrected chi connectivity index (χ3v) is 4.82. The van der Waals surface area contributed by atoms with Crippen LogP contribution in [0.3, 0.4) is 0 Å². The minimum Gasteiger partial charge on any atom is -0.497 e. The van der Waals surface area contributed by atoms with Crippen molar-refractivity contribution in [2.24, 2.45) is 0 Å². The summed E-state index contributed by atoms with van der Waals surface area (Å²) >= 11 is 5.99. The van der Waals surface area contributed by atoms with Gasteiger partial charge in [0.2, 0.25) is 5.78 Å². The zero-order valence-electron chi connectivity index (χ0n) is 16.7. The molecule has 0 aromatic heterocycles. The van der Waals surface area contributed by atoms with Gasteiger partial charge in [-0.1, -0.05) is 23.7 Å². The van der Waals surface area contributed by atoms with Crippen molar-refractivity contribution in [3.63, 3.8) is 0 Å². The zero-order chi connectivity index (χ0) is 22.0. The lowest BCUT2D eigenvalue weighted by Gasteiger charge is -2.09. The summed E-state index contributed by atoms with van der Waals surface area (Å²) in [5, 5.41) is 0.556. The first-order valence-corrected chi connectivity index (χ1v) is 9.64. The molecule has 1 aliphatic heterocycles. The zero-order valence-corrected chi connectivity index (χ0v) is 17.4. The number of esters is 1. The first-order chi connectivity index (χ1) is 15.0. The van der Waals surface area contributed by atoms with E-state index in [2.05, 4.69) is 0 Å². The van der Waals surface area contributed by atoms with E-state index in [9.17, 15) is 9.59 Å². The molecule has 0 fully saturated rings. The van der Waals surface area contributed by atoms with Gasteiger partial charge in [-0.3, -0.25) is 4.79 Å². The first-order valence-electron chi connectivity index (χ1n) is 9.26. The molecule has 6 nitrogen and oxygen atoms in total. The molecule has 1 aliphatic rings. The monoisotopic (exact) mass is 436 g/mol. The number of benzene rings is 3. The van der Waals surface area contributed by atoms with E-state index in [1.54, 1.807) is 48.5 Å². The summed E-state index contributed by atoms with van der Waals surface area (Å²) in [7, 11) is 2.99. The molecule has 4 rings (SSSR count). The van der Waals surface area contributed by atoms with Gasteiger partial charge in [-0.25, -0.2) is 4.79 Å². The van der Waals surface area contributed by atoms with Gasteiger partial charge in [-0.15, -0.1) is 0 Å².